The van der Waals surface area contributed by atoms with Gasteiger partial charge in [-0.25, -0.2) is 4.79 Å². The third-order valence-corrected chi connectivity index (χ3v) is 3.14. The second kappa shape index (κ2) is 9.55. The third kappa shape index (κ3) is 6.38. The van der Waals surface area contributed by atoms with Crippen molar-refractivity contribution in [1.29, 1.82) is 0 Å². The van der Waals surface area contributed by atoms with E-state index in [4.69, 9.17) is 10.2 Å². The van der Waals surface area contributed by atoms with E-state index in [1.807, 2.05) is 0 Å². The van der Waals surface area contributed by atoms with Crippen molar-refractivity contribution >= 4 is 11.9 Å². The summed E-state index contributed by atoms with van der Waals surface area (Å²) < 4.78 is 0. The van der Waals surface area contributed by atoms with E-state index in [1.54, 1.807) is 0 Å². The average Bonchev–Trinajstić information content (AvgIpc) is 2.39. The van der Waals surface area contributed by atoms with Gasteiger partial charge in [0.25, 0.3) is 0 Å². The molecule has 0 aromatic rings. The lowest BCUT2D eigenvalue weighted by atomic mass is 10.1. The van der Waals surface area contributed by atoms with Crippen LogP contribution in [0.1, 0.15) is 46.5 Å². The molecule has 0 saturated carbocycles. The first-order valence-electron chi connectivity index (χ1n) is 6.76. The van der Waals surface area contributed by atoms with Crippen LogP contribution in [0.2, 0.25) is 0 Å². The fourth-order valence-corrected chi connectivity index (χ4v) is 1.72. The molecule has 0 unspecified atom stereocenters. The first-order valence-corrected chi connectivity index (χ1v) is 6.76. The van der Waals surface area contributed by atoms with Gasteiger partial charge in [-0.2, -0.15) is 0 Å². The topological polar surface area (TPSA) is 77.8 Å². The van der Waals surface area contributed by atoms with E-state index in [0.29, 0.717) is 6.54 Å². The fourth-order valence-electron chi connectivity index (χ4n) is 1.72. The number of rotatable bonds is 9. The van der Waals surface area contributed by atoms with E-state index < -0.39 is 5.97 Å². The molecule has 1 amide bonds. The van der Waals surface area contributed by atoms with Gasteiger partial charge in [-0.05, 0) is 20.3 Å². The molecule has 0 aliphatic heterocycles. The Bertz CT molecular complexity index is 336. The average molecular weight is 271 g/mol. The molecule has 0 radical (unpaired) electrons. The van der Waals surface area contributed by atoms with E-state index >= 15 is 0 Å². The fraction of sp³-hybridized carbons (Fsp3) is 0.714. The third-order valence-electron chi connectivity index (χ3n) is 3.14. The Morgan fingerprint density at radius 1 is 1.00 bits per heavy atom. The highest BCUT2D eigenvalue weighted by Gasteiger charge is 2.18. The molecular weight excluding hydrogens is 246 g/mol. The summed E-state index contributed by atoms with van der Waals surface area (Å²) in [6.07, 6.45) is 4.14. The molecular formula is C14H25NO4. The zero-order chi connectivity index (χ0) is 14.8. The molecule has 0 aliphatic carbocycles. The summed E-state index contributed by atoms with van der Waals surface area (Å²) in [5, 5.41) is 17.9. The summed E-state index contributed by atoms with van der Waals surface area (Å²) in [6, 6.07) is 0. The molecule has 0 saturated heterocycles. The lowest BCUT2D eigenvalue weighted by Crippen LogP contribution is -2.35. The summed E-state index contributed by atoms with van der Waals surface area (Å²) in [7, 11) is 0. The van der Waals surface area contributed by atoms with Crippen LogP contribution >= 0.6 is 0 Å². The molecule has 5 nitrogen and oxygen atoms in total. The SMILES string of the molecule is CCCCCCN(CCO)C(=O)C(C)=C(C)C(=O)O. The number of hydrogen-bond acceptors (Lipinski definition) is 3. The van der Waals surface area contributed by atoms with Crippen LogP contribution in [0.4, 0.5) is 0 Å². The van der Waals surface area contributed by atoms with Gasteiger partial charge >= 0.3 is 5.97 Å². The summed E-state index contributed by atoms with van der Waals surface area (Å²) >= 11 is 0. The molecule has 0 aromatic carbocycles. The first-order chi connectivity index (χ1) is 8.95. The molecule has 0 bridgehead atoms. The van der Waals surface area contributed by atoms with Gasteiger partial charge in [-0.3, -0.25) is 4.79 Å². The number of unbranched alkanes of at least 4 members (excludes halogenated alkanes) is 3. The number of carboxylic acid groups (broad SMARTS) is 1. The van der Waals surface area contributed by atoms with E-state index in [9.17, 15) is 9.59 Å². The molecule has 0 fully saturated rings. The highest BCUT2D eigenvalue weighted by Crippen LogP contribution is 2.10. The van der Waals surface area contributed by atoms with Crippen molar-refractivity contribution in [3.05, 3.63) is 11.1 Å². The van der Waals surface area contributed by atoms with Crippen LogP contribution in [0, 0.1) is 0 Å². The van der Waals surface area contributed by atoms with Crippen molar-refractivity contribution in [2.45, 2.75) is 46.5 Å². The van der Waals surface area contributed by atoms with Crippen LogP contribution in [0.3, 0.4) is 0 Å². The maximum absolute atomic E-state index is 12.1. The second-order valence-corrected chi connectivity index (χ2v) is 4.63. The van der Waals surface area contributed by atoms with Crippen LogP contribution in [0.25, 0.3) is 0 Å². The summed E-state index contributed by atoms with van der Waals surface area (Å²) in [6.45, 7) is 5.74. The minimum atomic E-state index is -1.08. The highest BCUT2D eigenvalue weighted by molar-refractivity contribution is 6.01. The number of amides is 1. The van der Waals surface area contributed by atoms with Crippen LogP contribution in [0.5, 0.6) is 0 Å². The van der Waals surface area contributed by atoms with Crippen LogP contribution < -0.4 is 0 Å². The molecule has 0 rings (SSSR count). The summed E-state index contributed by atoms with van der Waals surface area (Å²) in [5.41, 5.74) is 0.290. The number of aliphatic carboxylic acids is 1. The molecule has 110 valence electrons. The number of hydrogen-bond donors (Lipinski definition) is 2. The Kier molecular flexibility index (Phi) is 8.87. The number of carbonyl (C=O) groups excluding carboxylic acids is 1. The van der Waals surface area contributed by atoms with Crippen LogP contribution in [-0.4, -0.2) is 46.7 Å². The molecule has 0 heterocycles. The normalized spacial score (nSPS) is 12.0. The maximum atomic E-state index is 12.1. The number of aliphatic hydroxyl groups is 1. The molecule has 0 aromatic heterocycles. The van der Waals surface area contributed by atoms with E-state index in [-0.39, 0.29) is 30.2 Å². The Labute approximate surface area is 114 Å². The van der Waals surface area contributed by atoms with Gasteiger partial charge in [0.1, 0.15) is 0 Å². The van der Waals surface area contributed by atoms with Gasteiger partial charge in [0.05, 0.1) is 6.61 Å². The first kappa shape index (κ1) is 17.6. The second-order valence-electron chi connectivity index (χ2n) is 4.63. The number of aliphatic hydroxyl groups excluding tert-OH is 1. The van der Waals surface area contributed by atoms with E-state index in [0.717, 1.165) is 25.7 Å². The Balaban J connectivity index is 4.65. The zero-order valence-electron chi connectivity index (χ0n) is 12.1. The standard InChI is InChI=1S/C14H25NO4/c1-4-5-6-7-8-15(9-10-16)13(17)11(2)12(3)14(18)19/h16H,4-10H2,1-3H3,(H,18,19). The van der Waals surface area contributed by atoms with Gasteiger partial charge in [0.2, 0.25) is 5.91 Å². The van der Waals surface area contributed by atoms with E-state index in [2.05, 4.69) is 6.92 Å². The quantitative estimate of drug-likeness (QED) is 0.495. The molecule has 0 spiro atoms. The smallest absolute Gasteiger partial charge is 0.331 e. The summed E-state index contributed by atoms with van der Waals surface area (Å²) in [4.78, 5) is 24.5. The lowest BCUT2D eigenvalue weighted by Gasteiger charge is -2.22. The maximum Gasteiger partial charge on any atom is 0.331 e. The Hall–Kier alpha value is -1.36. The molecule has 0 atom stereocenters. The highest BCUT2D eigenvalue weighted by atomic mass is 16.4. The number of carboxylic acids is 1. The van der Waals surface area contributed by atoms with Crippen LogP contribution in [-0.2, 0) is 9.59 Å². The Morgan fingerprint density at radius 2 is 1.63 bits per heavy atom. The van der Waals surface area contributed by atoms with Gasteiger partial charge in [-0.1, -0.05) is 26.2 Å². The molecule has 2 N–H and O–H groups in total. The monoisotopic (exact) mass is 271 g/mol. The predicted molar refractivity (Wildman–Crippen MR) is 73.8 cm³/mol. The van der Waals surface area contributed by atoms with Gasteiger partial charge in [-0.15, -0.1) is 0 Å². The number of carbonyl (C=O) groups is 2. The van der Waals surface area contributed by atoms with Gasteiger partial charge in [0, 0.05) is 24.2 Å². The van der Waals surface area contributed by atoms with Gasteiger partial charge < -0.3 is 15.1 Å². The Morgan fingerprint density at radius 3 is 2.11 bits per heavy atom. The van der Waals surface area contributed by atoms with Crippen molar-refractivity contribution in [2.75, 3.05) is 19.7 Å². The van der Waals surface area contributed by atoms with Crippen molar-refractivity contribution in [3.63, 3.8) is 0 Å². The van der Waals surface area contributed by atoms with Crippen LogP contribution in [0.15, 0.2) is 11.1 Å². The minimum absolute atomic E-state index is 0.0569. The van der Waals surface area contributed by atoms with Crippen molar-refractivity contribution in [2.24, 2.45) is 0 Å². The van der Waals surface area contributed by atoms with Crippen molar-refractivity contribution < 1.29 is 19.8 Å². The van der Waals surface area contributed by atoms with Gasteiger partial charge in [0.15, 0.2) is 0 Å². The minimum Gasteiger partial charge on any atom is -0.478 e. The van der Waals surface area contributed by atoms with Crippen molar-refractivity contribution in [1.82, 2.24) is 4.90 Å². The van der Waals surface area contributed by atoms with E-state index in [1.165, 1.54) is 18.7 Å². The predicted octanol–water partition coefficient (Wildman–Crippen LogP) is 1.81. The molecule has 19 heavy (non-hydrogen) atoms. The largest absolute Gasteiger partial charge is 0.478 e. The molecule has 0 aliphatic rings. The number of nitrogens with zero attached hydrogens (tertiary/aromatic N) is 1. The van der Waals surface area contributed by atoms with Crippen molar-refractivity contribution in [3.8, 4) is 0 Å². The summed E-state index contributed by atoms with van der Waals surface area (Å²) in [5.74, 6) is -1.38. The zero-order valence-corrected chi connectivity index (χ0v) is 12.1. The lowest BCUT2D eigenvalue weighted by molar-refractivity contribution is -0.134. The molecule has 5 heteroatoms.